The summed E-state index contributed by atoms with van der Waals surface area (Å²) in [6.07, 6.45) is 4.77. The molecule has 0 saturated carbocycles. The summed E-state index contributed by atoms with van der Waals surface area (Å²) >= 11 is 0. The number of pyridine rings is 1. The molecule has 1 unspecified atom stereocenters. The number of benzene rings is 1. The van der Waals surface area contributed by atoms with E-state index in [0.717, 1.165) is 49.0 Å². The Balaban J connectivity index is 0.00000336. The molecule has 0 radical (unpaired) electrons. The number of fused-ring (bicyclic) bond motifs is 2. The van der Waals surface area contributed by atoms with E-state index in [4.69, 9.17) is 4.74 Å². The minimum absolute atomic E-state index is 0. The number of aromatic nitrogens is 2. The highest BCUT2D eigenvalue weighted by Gasteiger charge is 2.42. The van der Waals surface area contributed by atoms with Gasteiger partial charge in [0.1, 0.15) is 11.6 Å². The van der Waals surface area contributed by atoms with Crippen LogP contribution in [0.3, 0.4) is 0 Å². The van der Waals surface area contributed by atoms with Crippen molar-refractivity contribution < 1.29 is 19.1 Å². The first-order chi connectivity index (χ1) is 17.9. The molecule has 5 rings (SSSR count). The van der Waals surface area contributed by atoms with Gasteiger partial charge < -0.3 is 31.0 Å². The number of rotatable bonds is 6. The minimum Gasteiger partial charge on any atom is -0.495 e. The molecule has 2 aliphatic rings. The number of methoxy groups -OCH3 is 1. The monoisotopic (exact) mass is 516 g/mol. The van der Waals surface area contributed by atoms with Crippen molar-refractivity contribution in [3.63, 3.8) is 0 Å². The average Bonchev–Trinajstić information content (AvgIpc) is 3.39. The van der Waals surface area contributed by atoms with Crippen LogP contribution in [-0.2, 0) is 10.2 Å². The fourth-order valence-corrected chi connectivity index (χ4v) is 4.96. The van der Waals surface area contributed by atoms with Crippen molar-refractivity contribution in [3.8, 4) is 17.0 Å². The fourth-order valence-electron chi connectivity index (χ4n) is 4.96. The van der Waals surface area contributed by atoms with Crippen molar-refractivity contribution in [2.24, 2.45) is 0 Å². The number of carbonyl (C=O) groups excluding carboxylic acids is 3. The van der Waals surface area contributed by atoms with E-state index >= 15 is 0 Å². The third-order valence-electron chi connectivity index (χ3n) is 6.87. The van der Waals surface area contributed by atoms with Crippen molar-refractivity contribution in [1.29, 1.82) is 0 Å². The van der Waals surface area contributed by atoms with Crippen molar-refractivity contribution in [3.05, 3.63) is 72.1 Å². The van der Waals surface area contributed by atoms with Crippen molar-refractivity contribution in [1.82, 2.24) is 20.6 Å². The molecule has 0 bridgehead atoms. The third-order valence-corrected chi connectivity index (χ3v) is 6.87. The van der Waals surface area contributed by atoms with E-state index in [-0.39, 0.29) is 18.7 Å². The summed E-state index contributed by atoms with van der Waals surface area (Å²) in [5.41, 5.74) is 3.68. The second-order valence-corrected chi connectivity index (χ2v) is 9.21. The van der Waals surface area contributed by atoms with Crippen LogP contribution in [0.15, 0.2) is 55.3 Å². The number of nitrogens with zero attached hydrogens (tertiary/aromatic N) is 1. The van der Waals surface area contributed by atoms with E-state index in [2.05, 4.69) is 37.8 Å². The third kappa shape index (κ3) is 5.03. The second kappa shape index (κ2) is 10.9. The molecule has 3 amide bonds. The van der Waals surface area contributed by atoms with Gasteiger partial charge in [0.25, 0.3) is 11.8 Å². The maximum absolute atomic E-state index is 13.0. The van der Waals surface area contributed by atoms with Crippen LogP contribution in [0.4, 0.5) is 11.5 Å². The maximum Gasteiger partial charge on any atom is 0.256 e. The fraction of sp³-hybridized carbons (Fsp3) is 0.286. The Morgan fingerprint density at radius 2 is 2.00 bits per heavy atom. The number of anilines is 2. The van der Waals surface area contributed by atoms with Gasteiger partial charge in [-0.3, -0.25) is 14.4 Å². The predicted octanol–water partition coefficient (Wildman–Crippen LogP) is 3.46. The lowest BCUT2D eigenvalue weighted by molar-refractivity contribution is -0.111. The van der Waals surface area contributed by atoms with Crippen LogP contribution in [0.5, 0.6) is 5.75 Å². The van der Waals surface area contributed by atoms with Crippen LogP contribution in [0.25, 0.3) is 11.3 Å². The number of piperidine rings is 1. The molecule has 5 N–H and O–H groups in total. The number of hydrogen-bond acceptors (Lipinski definition) is 6. The first-order valence-electron chi connectivity index (χ1n) is 12.0. The van der Waals surface area contributed by atoms with Gasteiger partial charge in [-0.25, -0.2) is 4.98 Å². The number of carbonyl (C=O) groups is 3. The molecule has 2 aromatic heterocycles. The van der Waals surface area contributed by atoms with E-state index in [1.54, 1.807) is 24.4 Å². The second-order valence-electron chi connectivity index (χ2n) is 9.21. The zero-order valence-electron chi connectivity index (χ0n) is 20.4. The Kier molecular flexibility index (Phi) is 7.63. The Labute approximate surface area is 221 Å². The highest BCUT2D eigenvalue weighted by molar-refractivity contribution is 6.06. The standard InChI is InChI=1S/C27H28N6O4.CH4/c1-3-23(34)31-20-11-17(5-6-21(20)37-2)25(35)33-22-12-16(7-10-29-22)19-13-18-24(32-19)27(15-30-26(18)36)8-4-9-28-14-27;/h3,5-7,10-13,28,32H,1,4,8-9,14-15H2,2H3,(H,30,36)(H,31,34)(H,29,33,35);1H4. The topological polar surface area (TPSA) is 137 Å². The molecular formula is C28H32N6O4. The van der Waals surface area contributed by atoms with Crippen LogP contribution in [0, 0.1) is 0 Å². The lowest BCUT2D eigenvalue weighted by Crippen LogP contribution is -2.54. The van der Waals surface area contributed by atoms with E-state index < -0.39 is 11.8 Å². The Morgan fingerprint density at radius 3 is 2.74 bits per heavy atom. The summed E-state index contributed by atoms with van der Waals surface area (Å²) in [4.78, 5) is 45.1. The molecule has 10 heteroatoms. The lowest BCUT2D eigenvalue weighted by Gasteiger charge is -2.40. The molecular weight excluding hydrogens is 484 g/mol. The Bertz CT molecular complexity index is 1390. The smallest absolute Gasteiger partial charge is 0.256 e. The largest absolute Gasteiger partial charge is 0.495 e. The van der Waals surface area contributed by atoms with Crippen molar-refractivity contribution >= 4 is 29.2 Å². The van der Waals surface area contributed by atoms with Crippen molar-refractivity contribution in [2.45, 2.75) is 25.7 Å². The molecule has 38 heavy (non-hydrogen) atoms. The summed E-state index contributed by atoms with van der Waals surface area (Å²) in [7, 11) is 1.47. The molecule has 2 aliphatic heterocycles. The quantitative estimate of drug-likeness (QED) is 0.318. The van der Waals surface area contributed by atoms with Gasteiger partial charge in [-0.2, -0.15) is 0 Å². The van der Waals surface area contributed by atoms with E-state index in [0.29, 0.717) is 34.9 Å². The van der Waals surface area contributed by atoms with Gasteiger partial charge in [0.2, 0.25) is 5.91 Å². The van der Waals surface area contributed by atoms with Gasteiger partial charge >= 0.3 is 0 Å². The first kappa shape index (κ1) is 26.6. The first-order valence-corrected chi connectivity index (χ1v) is 12.0. The summed E-state index contributed by atoms with van der Waals surface area (Å²) in [5, 5.41) is 11.9. The van der Waals surface area contributed by atoms with Gasteiger partial charge in [0, 0.05) is 47.2 Å². The van der Waals surface area contributed by atoms with Crippen LogP contribution in [0.1, 0.15) is 46.7 Å². The highest BCUT2D eigenvalue weighted by Crippen LogP contribution is 2.37. The number of hydrogen-bond donors (Lipinski definition) is 5. The molecule has 0 aliphatic carbocycles. The van der Waals surface area contributed by atoms with Gasteiger partial charge in [-0.1, -0.05) is 14.0 Å². The Hall–Kier alpha value is -4.44. The van der Waals surface area contributed by atoms with Gasteiger partial charge in [0.15, 0.2) is 0 Å². The van der Waals surface area contributed by atoms with Crippen LogP contribution in [0.2, 0.25) is 0 Å². The zero-order valence-corrected chi connectivity index (χ0v) is 20.4. The maximum atomic E-state index is 13.0. The number of aromatic amines is 1. The van der Waals surface area contributed by atoms with Crippen molar-refractivity contribution in [2.75, 3.05) is 37.4 Å². The average molecular weight is 517 g/mol. The summed E-state index contributed by atoms with van der Waals surface area (Å²) < 4.78 is 5.26. The summed E-state index contributed by atoms with van der Waals surface area (Å²) in [6, 6.07) is 10.2. The van der Waals surface area contributed by atoms with E-state index in [9.17, 15) is 14.4 Å². The molecule has 4 heterocycles. The minimum atomic E-state index is -0.418. The molecule has 1 atom stereocenters. The van der Waals surface area contributed by atoms with Crippen LogP contribution in [-0.4, -0.2) is 54.4 Å². The zero-order chi connectivity index (χ0) is 26.0. The molecule has 198 valence electrons. The molecule has 1 aromatic carbocycles. The molecule has 1 saturated heterocycles. The predicted molar refractivity (Wildman–Crippen MR) is 147 cm³/mol. The molecule has 1 spiro atoms. The molecule has 10 nitrogen and oxygen atoms in total. The summed E-state index contributed by atoms with van der Waals surface area (Å²) in [6.45, 7) is 5.81. The number of amides is 3. The number of ether oxygens (including phenoxy) is 1. The number of nitrogens with one attached hydrogen (secondary N) is 5. The molecule has 1 fully saturated rings. The van der Waals surface area contributed by atoms with Gasteiger partial charge in [0.05, 0.1) is 18.4 Å². The normalized spacial score (nSPS) is 18.0. The van der Waals surface area contributed by atoms with Crippen LogP contribution < -0.4 is 26.0 Å². The summed E-state index contributed by atoms with van der Waals surface area (Å²) in [5.74, 6) is -0.147. The van der Waals surface area contributed by atoms with Crippen LogP contribution >= 0.6 is 0 Å². The SMILES string of the molecule is C.C=CC(=O)Nc1cc(C(=O)Nc2cc(-c3cc4c([nH]3)C3(CCCNC3)CNC4=O)ccn2)ccc1OC. The Morgan fingerprint density at radius 1 is 1.16 bits per heavy atom. The highest BCUT2D eigenvalue weighted by atomic mass is 16.5. The molecule has 3 aromatic rings. The van der Waals surface area contributed by atoms with E-state index in [1.807, 2.05) is 12.1 Å². The van der Waals surface area contributed by atoms with Gasteiger partial charge in [-0.15, -0.1) is 0 Å². The number of H-pyrrole nitrogens is 1. The van der Waals surface area contributed by atoms with Gasteiger partial charge in [-0.05, 0) is 61.9 Å². The van der Waals surface area contributed by atoms with E-state index in [1.165, 1.54) is 13.2 Å². The lowest BCUT2D eigenvalue weighted by atomic mass is 9.74.